The minimum absolute atomic E-state index is 0.262. The first-order chi connectivity index (χ1) is 13.2. The predicted molar refractivity (Wildman–Crippen MR) is 109 cm³/mol. The molecule has 4 nitrogen and oxygen atoms in total. The maximum absolute atomic E-state index is 13.3. The van der Waals surface area contributed by atoms with E-state index in [0.29, 0.717) is 17.7 Å². The van der Waals surface area contributed by atoms with Crippen molar-refractivity contribution in [3.8, 4) is 5.75 Å². The molecule has 144 valence electrons. The Morgan fingerprint density at radius 2 is 1.82 bits per heavy atom. The van der Waals surface area contributed by atoms with Gasteiger partial charge in [0.2, 0.25) is 0 Å². The Labute approximate surface area is 172 Å². The second-order valence-corrected chi connectivity index (χ2v) is 8.98. The summed E-state index contributed by atoms with van der Waals surface area (Å²) in [6, 6.07) is 15.1. The van der Waals surface area contributed by atoms with Crippen LogP contribution in [0.25, 0.3) is 0 Å². The zero-order chi connectivity index (χ0) is 20.1. The minimum Gasteiger partial charge on any atom is -0.457 e. The van der Waals surface area contributed by atoms with Gasteiger partial charge < -0.3 is 9.47 Å². The number of carbonyl (C=O) groups excluding carboxylic acids is 2. The van der Waals surface area contributed by atoms with E-state index in [1.807, 2.05) is 69.3 Å². The third-order valence-electron chi connectivity index (χ3n) is 5.24. The molecule has 0 saturated carbocycles. The quantitative estimate of drug-likeness (QED) is 0.483. The summed E-state index contributed by atoms with van der Waals surface area (Å²) >= 11 is 3.61. The molecule has 2 atom stereocenters. The molecule has 1 heterocycles. The third-order valence-corrected chi connectivity index (χ3v) is 5.96. The number of ether oxygens (including phenoxy) is 2. The SMILES string of the molecule is CC(C)(C)OC(=O)C1=CC[C@H](c2ccccc2Br)[C@@]12C(=O)Oc1ccccc12. The van der Waals surface area contributed by atoms with Gasteiger partial charge in [0.05, 0.1) is 5.57 Å². The van der Waals surface area contributed by atoms with Gasteiger partial charge in [-0.2, -0.15) is 0 Å². The Hall–Kier alpha value is -2.40. The number of esters is 2. The molecule has 0 bridgehead atoms. The van der Waals surface area contributed by atoms with Crippen molar-refractivity contribution in [1.82, 2.24) is 0 Å². The molecule has 0 radical (unpaired) electrons. The highest BCUT2D eigenvalue weighted by Crippen LogP contribution is 2.58. The van der Waals surface area contributed by atoms with Crippen molar-refractivity contribution in [2.45, 2.75) is 44.1 Å². The Morgan fingerprint density at radius 3 is 2.54 bits per heavy atom. The smallest absolute Gasteiger partial charge is 0.335 e. The number of para-hydroxylation sites is 1. The highest BCUT2D eigenvalue weighted by atomic mass is 79.9. The van der Waals surface area contributed by atoms with E-state index < -0.39 is 23.0 Å². The number of rotatable bonds is 2. The van der Waals surface area contributed by atoms with Crippen molar-refractivity contribution in [3.63, 3.8) is 0 Å². The maximum atomic E-state index is 13.3. The molecular formula is C23H21BrO4. The van der Waals surface area contributed by atoms with Gasteiger partial charge in [0, 0.05) is 16.0 Å². The number of hydrogen-bond donors (Lipinski definition) is 0. The molecule has 1 aliphatic carbocycles. The highest BCUT2D eigenvalue weighted by Gasteiger charge is 2.62. The molecule has 0 amide bonds. The molecule has 2 aromatic carbocycles. The van der Waals surface area contributed by atoms with Crippen LogP contribution in [0.2, 0.25) is 0 Å². The van der Waals surface area contributed by atoms with Gasteiger partial charge in [0.15, 0.2) is 0 Å². The number of hydrogen-bond acceptors (Lipinski definition) is 4. The summed E-state index contributed by atoms with van der Waals surface area (Å²) in [4.78, 5) is 26.5. The van der Waals surface area contributed by atoms with Crippen LogP contribution in [0.3, 0.4) is 0 Å². The van der Waals surface area contributed by atoms with E-state index in [9.17, 15) is 9.59 Å². The fourth-order valence-electron chi connectivity index (χ4n) is 4.21. The van der Waals surface area contributed by atoms with Crippen LogP contribution in [0.5, 0.6) is 5.75 Å². The second-order valence-electron chi connectivity index (χ2n) is 8.12. The summed E-state index contributed by atoms with van der Waals surface area (Å²) < 4.78 is 12.2. The molecule has 5 heteroatoms. The summed E-state index contributed by atoms with van der Waals surface area (Å²) in [5, 5.41) is 0. The van der Waals surface area contributed by atoms with Gasteiger partial charge in [0.25, 0.3) is 0 Å². The van der Waals surface area contributed by atoms with Crippen LogP contribution in [-0.2, 0) is 19.7 Å². The van der Waals surface area contributed by atoms with Crippen molar-refractivity contribution in [1.29, 1.82) is 0 Å². The first-order valence-electron chi connectivity index (χ1n) is 9.25. The van der Waals surface area contributed by atoms with Crippen LogP contribution in [0.15, 0.2) is 64.7 Å². The highest BCUT2D eigenvalue weighted by molar-refractivity contribution is 9.10. The lowest BCUT2D eigenvalue weighted by Crippen LogP contribution is -2.43. The zero-order valence-electron chi connectivity index (χ0n) is 16.0. The standard InChI is InChI=1S/C23H21BrO4/c1-22(2,3)28-20(25)17-13-12-15(14-8-4-6-10-18(14)24)23(17)16-9-5-7-11-19(16)27-21(23)26/h4-11,13,15H,12H2,1-3H3/t15-,23+/m1/s1. The van der Waals surface area contributed by atoms with Crippen molar-refractivity contribution in [3.05, 3.63) is 75.8 Å². The fraction of sp³-hybridized carbons (Fsp3) is 0.304. The van der Waals surface area contributed by atoms with Crippen LogP contribution in [-0.4, -0.2) is 17.5 Å². The van der Waals surface area contributed by atoms with E-state index in [0.717, 1.165) is 15.6 Å². The molecule has 1 spiro atoms. The Morgan fingerprint density at radius 1 is 1.14 bits per heavy atom. The molecule has 4 rings (SSSR count). The maximum Gasteiger partial charge on any atom is 0.335 e. The summed E-state index contributed by atoms with van der Waals surface area (Å²) in [6.45, 7) is 5.46. The molecule has 0 fully saturated rings. The first kappa shape index (κ1) is 18.9. The Bertz CT molecular complexity index is 1000. The molecule has 0 N–H and O–H groups in total. The average molecular weight is 441 g/mol. The van der Waals surface area contributed by atoms with Gasteiger partial charge in [-0.1, -0.05) is 58.4 Å². The van der Waals surface area contributed by atoms with Crippen LogP contribution >= 0.6 is 15.9 Å². The van der Waals surface area contributed by atoms with Gasteiger partial charge in [0.1, 0.15) is 16.8 Å². The van der Waals surface area contributed by atoms with Crippen molar-refractivity contribution in [2.75, 3.05) is 0 Å². The summed E-state index contributed by atoms with van der Waals surface area (Å²) in [5.41, 5.74) is 0.175. The molecule has 2 aliphatic rings. The summed E-state index contributed by atoms with van der Waals surface area (Å²) in [5.74, 6) is -0.664. The van der Waals surface area contributed by atoms with E-state index in [1.54, 1.807) is 6.07 Å². The lowest BCUT2D eigenvalue weighted by Gasteiger charge is -2.32. The first-order valence-corrected chi connectivity index (χ1v) is 10.0. The van der Waals surface area contributed by atoms with E-state index in [-0.39, 0.29) is 5.92 Å². The molecule has 0 unspecified atom stereocenters. The van der Waals surface area contributed by atoms with E-state index in [1.165, 1.54) is 0 Å². The van der Waals surface area contributed by atoms with Gasteiger partial charge in [-0.05, 0) is 44.9 Å². The molecule has 0 saturated heterocycles. The van der Waals surface area contributed by atoms with E-state index in [4.69, 9.17) is 9.47 Å². The summed E-state index contributed by atoms with van der Waals surface area (Å²) in [7, 11) is 0. The largest absolute Gasteiger partial charge is 0.457 e. The molecule has 1 aliphatic heterocycles. The van der Waals surface area contributed by atoms with Gasteiger partial charge in [-0.15, -0.1) is 0 Å². The monoisotopic (exact) mass is 440 g/mol. The zero-order valence-corrected chi connectivity index (χ0v) is 17.6. The van der Waals surface area contributed by atoms with Crippen LogP contribution in [0.1, 0.15) is 44.2 Å². The normalized spacial score (nSPS) is 23.4. The van der Waals surface area contributed by atoms with Crippen LogP contribution in [0, 0.1) is 0 Å². The van der Waals surface area contributed by atoms with Crippen molar-refractivity contribution < 1.29 is 19.1 Å². The fourth-order valence-corrected chi connectivity index (χ4v) is 4.77. The van der Waals surface area contributed by atoms with Crippen molar-refractivity contribution in [2.24, 2.45) is 0 Å². The lowest BCUT2D eigenvalue weighted by atomic mass is 9.67. The van der Waals surface area contributed by atoms with E-state index in [2.05, 4.69) is 15.9 Å². The molecule has 28 heavy (non-hydrogen) atoms. The topological polar surface area (TPSA) is 52.6 Å². The Balaban J connectivity index is 1.92. The summed E-state index contributed by atoms with van der Waals surface area (Å²) in [6.07, 6.45) is 2.38. The second kappa shape index (κ2) is 6.59. The predicted octanol–water partition coefficient (Wildman–Crippen LogP) is 5.06. The molecular weight excluding hydrogens is 420 g/mol. The van der Waals surface area contributed by atoms with E-state index >= 15 is 0 Å². The number of fused-ring (bicyclic) bond motifs is 2. The number of benzene rings is 2. The number of carbonyl (C=O) groups is 2. The van der Waals surface area contributed by atoms with Gasteiger partial charge in [-0.25, -0.2) is 4.79 Å². The van der Waals surface area contributed by atoms with Crippen LogP contribution < -0.4 is 4.74 Å². The minimum atomic E-state index is -1.21. The van der Waals surface area contributed by atoms with Gasteiger partial charge >= 0.3 is 11.9 Å². The van der Waals surface area contributed by atoms with Crippen LogP contribution in [0.4, 0.5) is 0 Å². The Kier molecular flexibility index (Phi) is 4.46. The molecule has 0 aromatic heterocycles. The number of halogens is 1. The average Bonchev–Trinajstić information content (AvgIpc) is 3.15. The lowest BCUT2D eigenvalue weighted by molar-refractivity contribution is -0.153. The third kappa shape index (κ3) is 2.80. The van der Waals surface area contributed by atoms with Crippen molar-refractivity contribution >= 4 is 27.9 Å². The number of allylic oxidation sites excluding steroid dienone is 1. The molecule has 2 aromatic rings. The van der Waals surface area contributed by atoms with Gasteiger partial charge in [-0.3, -0.25) is 4.79 Å².